The second-order valence-electron chi connectivity index (χ2n) is 4.99. The van der Waals surface area contributed by atoms with Gasteiger partial charge in [-0.3, -0.25) is 4.79 Å². The van der Waals surface area contributed by atoms with Crippen LogP contribution < -0.4 is 4.74 Å². The molecule has 20 heavy (non-hydrogen) atoms. The van der Waals surface area contributed by atoms with Gasteiger partial charge in [-0.05, 0) is 37.8 Å². The summed E-state index contributed by atoms with van der Waals surface area (Å²) in [7, 11) is 0. The van der Waals surface area contributed by atoms with E-state index in [1.165, 1.54) is 4.90 Å². The first-order valence-corrected chi connectivity index (χ1v) is 6.80. The van der Waals surface area contributed by atoms with Crippen LogP contribution in [-0.4, -0.2) is 41.1 Å². The maximum atomic E-state index is 12.1. The molecule has 0 radical (unpaired) electrons. The third kappa shape index (κ3) is 3.29. The quantitative estimate of drug-likeness (QED) is 0.912. The highest BCUT2D eigenvalue weighted by molar-refractivity contribution is 5.84. The highest BCUT2D eigenvalue weighted by Crippen LogP contribution is 2.19. The minimum Gasteiger partial charge on any atom is -0.484 e. The summed E-state index contributed by atoms with van der Waals surface area (Å²) >= 11 is 0. The largest absolute Gasteiger partial charge is 0.484 e. The van der Waals surface area contributed by atoms with Crippen molar-refractivity contribution in [3.05, 3.63) is 29.8 Å². The molecule has 1 aromatic carbocycles. The average molecular weight is 277 g/mol. The molecule has 1 heterocycles. The van der Waals surface area contributed by atoms with Gasteiger partial charge in [-0.2, -0.15) is 0 Å². The van der Waals surface area contributed by atoms with Gasteiger partial charge in [0.05, 0.1) is 0 Å². The van der Waals surface area contributed by atoms with Crippen LogP contribution in [0.4, 0.5) is 0 Å². The lowest BCUT2D eigenvalue weighted by atomic mass is 10.0. The van der Waals surface area contributed by atoms with Gasteiger partial charge in [0.25, 0.3) is 5.91 Å². The van der Waals surface area contributed by atoms with Crippen molar-refractivity contribution in [2.24, 2.45) is 0 Å². The molecule has 0 spiro atoms. The molecule has 1 saturated heterocycles. The molecule has 1 amide bonds. The van der Waals surface area contributed by atoms with Crippen molar-refractivity contribution in [1.82, 2.24) is 4.90 Å². The molecule has 2 rings (SSSR count). The van der Waals surface area contributed by atoms with Gasteiger partial charge in [0, 0.05) is 6.54 Å². The Hall–Kier alpha value is -2.04. The second kappa shape index (κ2) is 6.41. The van der Waals surface area contributed by atoms with Crippen molar-refractivity contribution in [1.29, 1.82) is 0 Å². The number of rotatable bonds is 4. The summed E-state index contributed by atoms with van der Waals surface area (Å²) in [6.45, 7) is 2.28. The first-order valence-electron chi connectivity index (χ1n) is 6.80. The normalized spacial score (nSPS) is 18.6. The van der Waals surface area contributed by atoms with Crippen LogP contribution in [0.3, 0.4) is 0 Å². The van der Waals surface area contributed by atoms with Crippen molar-refractivity contribution < 1.29 is 19.4 Å². The molecule has 0 unspecified atom stereocenters. The summed E-state index contributed by atoms with van der Waals surface area (Å²) in [6, 6.07) is 6.73. The van der Waals surface area contributed by atoms with Crippen LogP contribution in [0.15, 0.2) is 24.3 Å². The number of carbonyl (C=O) groups excluding carboxylic acids is 1. The lowest BCUT2D eigenvalue weighted by molar-refractivity contribution is -0.152. The molecule has 1 fully saturated rings. The van der Waals surface area contributed by atoms with E-state index in [9.17, 15) is 9.59 Å². The molecule has 1 aromatic rings. The summed E-state index contributed by atoms with van der Waals surface area (Å²) in [5, 5.41) is 9.15. The summed E-state index contributed by atoms with van der Waals surface area (Å²) < 4.78 is 5.50. The van der Waals surface area contributed by atoms with E-state index in [-0.39, 0.29) is 12.5 Å². The molecule has 1 atom stereocenters. The maximum Gasteiger partial charge on any atom is 0.326 e. The lowest BCUT2D eigenvalue weighted by Crippen LogP contribution is -2.49. The molecule has 1 N–H and O–H groups in total. The molecular weight excluding hydrogens is 258 g/mol. The minimum absolute atomic E-state index is 0.116. The van der Waals surface area contributed by atoms with Crippen LogP contribution >= 0.6 is 0 Å². The zero-order valence-corrected chi connectivity index (χ0v) is 11.5. The fourth-order valence-electron chi connectivity index (χ4n) is 2.43. The first-order chi connectivity index (χ1) is 9.59. The number of benzene rings is 1. The number of aryl methyl sites for hydroxylation is 1. The van der Waals surface area contributed by atoms with Gasteiger partial charge in [0.1, 0.15) is 11.8 Å². The summed E-state index contributed by atoms with van der Waals surface area (Å²) in [5.41, 5.74) is 0.953. The van der Waals surface area contributed by atoms with E-state index in [1.54, 1.807) is 6.07 Å². The van der Waals surface area contributed by atoms with Crippen molar-refractivity contribution in [3.8, 4) is 5.75 Å². The Bertz CT molecular complexity index is 500. The topological polar surface area (TPSA) is 66.8 Å². The monoisotopic (exact) mass is 277 g/mol. The Morgan fingerprint density at radius 2 is 2.10 bits per heavy atom. The van der Waals surface area contributed by atoms with Crippen LogP contribution in [0, 0.1) is 6.92 Å². The molecular formula is C15H19NO4. The third-order valence-electron chi connectivity index (χ3n) is 3.55. The maximum absolute atomic E-state index is 12.1. The van der Waals surface area contributed by atoms with E-state index < -0.39 is 12.0 Å². The van der Waals surface area contributed by atoms with Gasteiger partial charge >= 0.3 is 5.97 Å². The smallest absolute Gasteiger partial charge is 0.326 e. The van der Waals surface area contributed by atoms with E-state index in [0.717, 1.165) is 18.4 Å². The zero-order valence-electron chi connectivity index (χ0n) is 11.5. The molecule has 1 aliphatic heterocycles. The minimum atomic E-state index is -0.936. The van der Waals surface area contributed by atoms with Gasteiger partial charge < -0.3 is 14.7 Å². The van der Waals surface area contributed by atoms with E-state index in [4.69, 9.17) is 9.84 Å². The Morgan fingerprint density at radius 1 is 1.35 bits per heavy atom. The Morgan fingerprint density at radius 3 is 2.80 bits per heavy atom. The van der Waals surface area contributed by atoms with Crippen LogP contribution in [0.2, 0.25) is 0 Å². The molecule has 0 bridgehead atoms. The number of ether oxygens (including phenoxy) is 1. The number of aliphatic carboxylic acids is 1. The number of para-hydroxylation sites is 1. The molecule has 5 heteroatoms. The predicted octanol–water partition coefficient (Wildman–Crippen LogP) is 1.84. The third-order valence-corrected chi connectivity index (χ3v) is 3.55. The van der Waals surface area contributed by atoms with E-state index in [1.807, 2.05) is 25.1 Å². The average Bonchev–Trinajstić information content (AvgIpc) is 2.46. The molecule has 0 saturated carbocycles. The molecule has 5 nitrogen and oxygen atoms in total. The van der Waals surface area contributed by atoms with Crippen LogP contribution in [0.25, 0.3) is 0 Å². The zero-order chi connectivity index (χ0) is 14.5. The predicted molar refractivity (Wildman–Crippen MR) is 73.7 cm³/mol. The van der Waals surface area contributed by atoms with E-state index in [0.29, 0.717) is 18.7 Å². The Kier molecular flexibility index (Phi) is 4.61. The molecule has 1 aliphatic rings. The fourth-order valence-corrected chi connectivity index (χ4v) is 2.43. The summed E-state index contributed by atoms with van der Waals surface area (Å²) in [4.78, 5) is 24.7. The number of carboxylic acids is 1. The Labute approximate surface area is 118 Å². The fraction of sp³-hybridized carbons (Fsp3) is 0.467. The van der Waals surface area contributed by atoms with Crippen LogP contribution in [0.1, 0.15) is 24.8 Å². The summed E-state index contributed by atoms with van der Waals surface area (Å²) in [6.07, 6.45) is 2.21. The highest BCUT2D eigenvalue weighted by atomic mass is 16.5. The number of likely N-dealkylation sites (tertiary alicyclic amines) is 1. The number of piperidine rings is 1. The standard InChI is InChI=1S/C15H19NO4/c1-11-6-2-3-8-13(11)20-10-14(17)16-9-5-4-7-12(16)15(18)19/h2-3,6,8,12H,4-5,7,9-10H2,1H3,(H,18,19)/t12-/m1/s1. The molecule has 108 valence electrons. The van der Waals surface area contributed by atoms with Crippen molar-refractivity contribution in [3.63, 3.8) is 0 Å². The number of hydrogen-bond donors (Lipinski definition) is 1. The number of amides is 1. The molecule has 0 aromatic heterocycles. The van der Waals surface area contributed by atoms with Gasteiger partial charge in [0.2, 0.25) is 0 Å². The number of carbonyl (C=O) groups is 2. The SMILES string of the molecule is Cc1ccccc1OCC(=O)N1CCCC[C@@H]1C(=O)O. The van der Waals surface area contributed by atoms with Gasteiger partial charge in [-0.15, -0.1) is 0 Å². The number of carboxylic acid groups (broad SMARTS) is 1. The first kappa shape index (κ1) is 14.4. The Balaban J connectivity index is 1.97. The number of hydrogen-bond acceptors (Lipinski definition) is 3. The van der Waals surface area contributed by atoms with Gasteiger partial charge in [-0.25, -0.2) is 4.79 Å². The van der Waals surface area contributed by atoms with Crippen molar-refractivity contribution in [2.75, 3.05) is 13.2 Å². The lowest BCUT2D eigenvalue weighted by Gasteiger charge is -2.32. The van der Waals surface area contributed by atoms with Crippen molar-refractivity contribution in [2.45, 2.75) is 32.2 Å². The van der Waals surface area contributed by atoms with Crippen molar-refractivity contribution >= 4 is 11.9 Å². The van der Waals surface area contributed by atoms with E-state index >= 15 is 0 Å². The van der Waals surface area contributed by atoms with Crippen LogP contribution in [-0.2, 0) is 9.59 Å². The van der Waals surface area contributed by atoms with Gasteiger partial charge in [-0.1, -0.05) is 18.2 Å². The summed E-state index contributed by atoms with van der Waals surface area (Å²) in [5.74, 6) is -0.543. The van der Waals surface area contributed by atoms with E-state index in [2.05, 4.69) is 0 Å². The van der Waals surface area contributed by atoms with Gasteiger partial charge in [0.15, 0.2) is 6.61 Å². The van der Waals surface area contributed by atoms with Crippen LogP contribution in [0.5, 0.6) is 5.75 Å². The number of nitrogens with zero attached hydrogens (tertiary/aromatic N) is 1. The molecule has 0 aliphatic carbocycles. The highest BCUT2D eigenvalue weighted by Gasteiger charge is 2.31. The second-order valence-corrected chi connectivity index (χ2v) is 4.99.